The third kappa shape index (κ3) is 3.75. The Balaban J connectivity index is 2.40. The quantitative estimate of drug-likeness (QED) is 0.842. The minimum absolute atomic E-state index is 0.0613. The minimum Gasteiger partial charge on any atom is -0.450 e. The van der Waals surface area contributed by atoms with E-state index >= 15 is 0 Å². The molecular formula is C9H10BrNO4. The summed E-state index contributed by atoms with van der Waals surface area (Å²) in [6, 6.07) is 3.03. The molecule has 0 fully saturated rings. The molecule has 0 spiro atoms. The number of nitrogens with one attached hydrogen (secondary N) is 1. The lowest BCUT2D eigenvalue weighted by Gasteiger charge is -2.02. The van der Waals surface area contributed by atoms with E-state index in [2.05, 4.69) is 21.2 Å². The van der Waals surface area contributed by atoms with Crippen LogP contribution in [0.25, 0.3) is 0 Å². The zero-order chi connectivity index (χ0) is 11.3. The maximum Gasteiger partial charge on any atom is 0.374 e. The van der Waals surface area contributed by atoms with E-state index in [1.54, 1.807) is 13.0 Å². The van der Waals surface area contributed by atoms with Gasteiger partial charge in [-0.25, -0.2) is 4.79 Å². The van der Waals surface area contributed by atoms with Crippen molar-refractivity contribution in [2.45, 2.75) is 6.92 Å². The number of amides is 1. The van der Waals surface area contributed by atoms with Gasteiger partial charge >= 0.3 is 5.97 Å². The fourth-order valence-electron chi connectivity index (χ4n) is 0.874. The van der Waals surface area contributed by atoms with Crippen LogP contribution in [0.3, 0.4) is 0 Å². The van der Waals surface area contributed by atoms with Crippen LogP contribution in [0, 0.1) is 0 Å². The Morgan fingerprint density at radius 3 is 2.80 bits per heavy atom. The molecule has 5 nitrogen and oxygen atoms in total. The first-order valence-corrected chi connectivity index (χ1v) is 5.12. The Kier molecular flexibility index (Phi) is 4.36. The highest BCUT2D eigenvalue weighted by atomic mass is 79.9. The van der Waals surface area contributed by atoms with Crippen molar-refractivity contribution in [3.63, 3.8) is 0 Å². The van der Waals surface area contributed by atoms with Crippen molar-refractivity contribution in [3.05, 3.63) is 22.6 Å². The van der Waals surface area contributed by atoms with E-state index in [1.807, 2.05) is 0 Å². The van der Waals surface area contributed by atoms with Crippen LogP contribution in [-0.2, 0) is 9.53 Å². The van der Waals surface area contributed by atoms with Crippen LogP contribution in [0.2, 0.25) is 0 Å². The molecule has 0 saturated heterocycles. The van der Waals surface area contributed by atoms with Crippen LogP contribution in [0.5, 0.6) is 0 Å². The highest BCUT2D eigenvalue weighted by Gasteiger charge is 2.13. The second-order valence-electron chi connectivity index (χ2n) is 2.63. The van der Waals surface area contributed by atoms with Gasteiger partial charge in [-0.05, 0) is 35.0 Å². The van der Waals surface area contributed by atoms with Crippen LogP contribution in [0.15, 0.2) is 21.2 Å². The third-order valence-corrected chi connectivity index (χ3v) is 1.91. The van der Waals surface area contributed by atoms with Crippen molar-refractivity contribution in [2.75, 3.05) is 13.2 Å². The molecule has 0 saturated carbocycles. The van der Waals surface area contributed by atoms with Crippen molar-refractivity contribution in [3.8, 4) is 0 Å². The van der Waals surface area contributed by atoms with E-state index in [0.717, 1.165) is 0 Å². The summed E-state index contributed by atoms with van der Waals surface area (Å²) in [6.45, 7) is 1.98. The molecule has 0 aliphatic heterocycles. The Labute approximate surface area is 94.9 Å². The average Bonchev–Trinajstić information content (AvgIpc) is 2.62. The number of furan rings is 1. The molecule has 82 valence electrons. The summed E-state index contributed by atoms with van der Waals surface area (Å²) in [5.74, 6) is -0.936. The van der Waals surface area contributed by atoms with E-state index in [-0.39, 0.29) is 18.3 Å². The summed E-state index contributed by atoms with van der Waals surface area (Å²) >= 11 is 3.05. The second-order valence-corrected chi connectivity index (χ2v) is 3.41. The van der Waals surface area contributed by atoms with Gasteiger partial charge in [0.15, 0.2) is 11.3 Å². The third-order valence-electron chi connectivity index (χ3n) is 1.48. The molecule has 0 aliphatic rings. The van der Waals surface area contributed by atoms with Crippen LogP contribution in [0.1, 0.15) is 17.5 Å². The largest absolute Gasteiger partial charge is 0.450 e. The molecule has 1 heterocycles. The Morgan fingerprint density at radius 2 is 2.27 bits per heavy atom. The minimum atomic E-state index is -0.660. The number of hydrogen-bond acceptors (Lipinski definition) is 4. The molecule has 0 radical (unpaired) electrons. The maximum atomic E-state index is 11.2. The number of esters is 1. The zero-order valence-corrected chi connectivity index (χ0v) is 9.67. The number of carbonyl (C=O) groups is 2. The SMILES string of the molecule is CCNC(=O)COC(=O)c1ccc(Br)o1. The van der Waals surface area contributed by atoms with E-state index in [9.17, 15) is 9.59 Å². The number of ether oxygens (including phenoxy) is 1. The highest BCUT2D eigenvalue weighted by molar-refractivity contribution is 9.10. The standard InChI is InChI=1S/C9H10BrNO4/c1-2-11-8(12)5-14-9(13)6-3-4-7(10)15-6/h3-4H,2,5H2,1H3,(H,11,12). The average molecular weight is 276 g/mol. The van der Waals surface area contributed by atoms with Crippen molar-refractivity contribution in [1.29, 1.82) is 0 Å². The summed E-state index contributed by atoms with van der Waals surface area (Å²) in [5, 5.41) is 2.50. The molecule has 0 aromatic carbocycles. The van der Waals surface area contributed by atoms with Gasteiger partial charge in [-0.3, -0.25) is 4.79 Å². The van der Waals surface area contributed by atoms with E-state index < -0.39 is 5.97 Å². The van der Waals surface area contributed by atoms with Gasteiger partial charge < -0.3 is 14.5 Å². The zero-order valence-electron chi connectivity index (χ0n) is 8.08. The fourth-order valence-corrected chi connectivity index (χ4v) is 1.18. The van der Waals surface area contributed by atoms with Crippen molar-refractivity contribution in [2.24, 2.45) is 0 Å². The first kappa shape index (κ1) is 11.8. The molecular weight excluding hydrogens is 266 g/mol. The number of rotatable bonds is 4. The summed E-state index contributed by atoms with van der Waals surface area (Å²) < 4.78 is 10.1. The van der Waals surface area contributed by atoms with Gasteiger partial charge in [0.05, 0.1) is 0 Å². The lowest BCUT2D eigenvalue weighted by atomic mass is 10.4. The fraction of sp³-hybridized carbons (Fsp3) is 0.333. The van der Waals surface area contributed by atoms with Crippen LogP contribution < -0.4 is 5.32 Å². The number of carbonyl (C=O) groups excluding carboxylic acids is 2. The highest BCUT2D eigenvalue weighted by Crippen LogP contribution is 2.14. The van der Waals surface area contributed by atoms with Gasteiger partial charge in [0, 0.05) is 6.54 Å². The van der Waals surface area contributed by atoms with Crippen LogP contribution >= 0.6 is 15.9 Å². The lowest BCUT2D eigenvalue weighted by molar-refractivity contribution is -0.124. The van der Waals surface area contributed by atoms with Gasteiger partial charge in [-0.2, -0.15) is 0 Å². The Bertz CT molecular complexity index is 361. The van der Waals surface area contributed by atoms with Crippen LogP contribution in [-0.4, -0.2) is 25.0 Å². The molecule has 1 N–H and O–H groups in total. The van der Waals surface area contributed by atoms with Gasteiger partial charge in [-0.1, -0.05) is 0 Å². The summed E-state index contributed by atoms with van der Waals surface area (Å²) in [6.07, 6.45) is 0. The molecule has 6 heteroatoms. The molecule has 1 amide bonds. The van der Waals surface area contributed by atoms with Gasteiger partial charge in [0.25, 0.3) is 5.91 Å². The maximum absolute atomic E-state index is 11.2. The Morgan fingerprint density at radius 1 is 1.53 bits per heavy atom. The van der Waals surface area contributed by atoms with Gasteiger partial charge in [0.2, 0.25) is 5.76 Å². The molecule has 0 bridgehead atoms. The molecule has 1 aromatic heterocycles. The molecule has 1 aromatic rings. The first-order valence-electron chi connectivity index (χ1n) is 4.32. The number of likely N-dealkylation sites (N-methyl/N-ethyl adjacent to an activating group) is 1. The number of halogens is 1. The molecule has 15 heavy (non-hydrogen) atoms. The van der Waals surface area contributed by atoms with Crippen molar-refractivity contribution < 1.29 is 18.7 Å². The lowest BCUT2D eigenvalue weighted by Crippen LogP contribution is -2.28. The molecule has 0 aliphatic carbocycles. The predicted octanol–water partition coefficient (Wildman–Crippen LogP) is 1.33. The monoisotopic (exact) mass is 275 g/mol. The molecule has 1 rings (SSSR count). The predicted molar refractivity (Wildman–Crippen MR) is 55.4 cm³/mol. The molecule has 0 atom stereocenters. The van der Waals surface area contributed by atoms with E-state index in [0.29, 0.717) is 11.2 Å². The van der Waals surface area contributed by atoms with Gasteiger partial charge in [-0.15, -0.1) is 0 Å². The van der Waals surface area contributed by atoms with Crippen molar-refractivity contribution >= 4 is 27.8 Å². The number of hydrogen-bond donors (Lipinski definition) is 1. The van der Waals surface area contributed by atoms with E-state index in [4.69, 9.17) is 9.15 Å². The van der Waals surface area contributed by atoms with Gasteiger partial charge in [0.1, 0.15) is 0 Å². The Hall–Kier alpha value is -1.30. The molecule has 0 unspecified atom stereocenters. The smallest absolute Gasteiger partial charge is 0.374 e. The normalized spacial score (nSPS) is 9.73. The second kappa shape index (κ2) is 5.55. The summed E-state index contributed by atoms with van der Waals surface area (Å²) in [7, 11) is 0. The first-order chi connectivity index (χ1) is 7.13. The summed E-state index contributed by atoms with van der Waals surface area (Å²) in [5.41, 5.74) is 0. The van der Waals surface area contributed by atoms with E-state index in [1.165, 1.54) is 6.07 Å². The van der Waals surface area contributed by atoms with Crippen LogP contribution in [0.4, 0.5) is 0 Å². The summed E-state index contributed by atoms with van der Waals surface area (Å²) in [4.78, 5) is 22.2. The topological polar surface area (TPSA) is 68.5 Å². The van der Waals surface area contributed by atoms with Crippen molar-refractivity contribution in [1.82, 2.24) is 5.32 Å².